The van der Waals surface area contributed by atoms with Gasteiger partial charge in [0.2, 0.25) is 0 Å². The van der Waals surface area contributed by atoms with Crippen molar-refractivity contribution in [3.8, 4) is 5.75 Å². The summed E-state index contributed by atoms with van der Waals surface area (Å²) in [6, 6.07) is 20.0. The summed E-state index contributed by atoms with van der Waals surface area (Å²) >= 11 is 6.29. The van der Waals surface area contributed by atoms with Crippen LogP contribution in [0.3, 0.4) is 0 Å². The minimum Gasteiger partial charge on any atom is -0.486 e. The molecule has 7 heteroatoms. The molecule has 3 atom stereocenters. The molecular weight excluding hydrogens is 426 g/mol. The number of benzene rings is 2. The minimum absolute atomic E-state index is 0.185. The highest BCUT2D eigenvalue weighted by atomic mass is 35.5. The average molecular weight is 450 g/mol. The van der Waals surface area contributed by atoms with Crippen molar-refractivity contribution in [2.24, 2.45) is 11.8 Å². The number of anilines is 1. The van der Waals surface area contributed by atoms with Gasteiger partial charge in [-0.15, -0.1) is 0 Å². The maximum absolute atomic E-state index is 12.6. The first-order chi connectivity index (χ1) is 15.5. The second-order valence-corrected chi connectivity index (χ2v) is 8.35. The molecule has 4 rings (SSSR count). The number of aromatic nitrogens is 1. The van der Waals surface area contributed by atoms with Gasteiger partial charge in [0, 0.05) is 11.9 Å². The van der Waals surface area contributed by atoms with E-state index in [9.17, 15) is 9.59 Å². The van der Waals surface area contributed by atoms with E-state index in [0.29, 0.717) is 28.3 Å². The Kier molecular flexibility index (Phi) is 6.71. The summed E-state index contributed by atoms with van der Waals surface area (Å²) in [4.78, 5) is 29.3. The Morgan fingerprint density at radius 3 is 2.50 bits per heavy atom. The Bertz CT molecular complexity index is 1090. The Morgan fingerprint density at radius 2 is 1.84 bits per heavy atom. The Hall–Kier alpha value is -3.38. The molecule has 2 amide bonds. The molecular formula is C25H24ClN3O3. The second-order valence-electron chi connectivity index (χ2n) is 7.95. The SMILES string of the molecule is CC1CC1C(NC(=O)C(=O)Nc1ccc(OCc2ccccn2)c(Cl)c1)c1ccccc1. The number of carbonyl (C=O) groups is 2. The second kappa shape index (κ2) is 9.83. The van der Waals surface area contributed by atoms with Crippen LogP contribution in [0.25, 0.3) is 0 Å². The molecule has 0 bridgehead atoms. The molecule has 1 aromatic heterocycles. The van der Waals surface area contributed by atoms with Crippen molar-refractivity contribution in [2.45, 2.75) is 26.0 Å². The number of rotatable bonds is 7. The van der Waals surface area contributed by atoms with Crippen molar-refractivity contribution in [3.63, 3.8) is 0 Å². The number of nitrogens with zero attached hydrogens (tertiary/aromatic N) is 1. The van der Waals surface area contributed by atoms with Gasteiger partial charge in [-0.05, 0) is 54.2 Å². The topological polar surface area (TPSA) is 80.3 Å². The number of amides is 2. The lowest BCUT2D eigenvalue weighted by Gasteiger charge is -2.19. The highest BCUT2D eigenvalue weighted by Crippen LogP contribution is 2.46. The van der Waals surface area contributed by atoms with Gasteiger partial charge in [0.25, 0.3) is 0 Å². The highest BCUT2D eigenvalue weighted by molar-refractivity contribution is 6.40. The van der Waals surface area contributed by atoms with Crippen LogP contribution in [-0.4, -0.2) is 16.8 Å². The quantitative estimate of drug-likeness (QED) is 0.509. The molecule has 1 aliphatic carbocycles. The molecule has 6 nitrogen and oxygen atoms in total. The van der Waals surface area contributed by atoms with E-state index < -0.39 is 11.8 Å². The van der Waals surface area contributed by atoms with Gasteiger partial charge in [0.1, 0.15) is 12.4 Å². The third-order valence-electron chi connectivity index (χ3n) is 5.54. The van der Waals surface area contributed by atoms with Crippen LogP contribution in [0.4, 0.5) is 5.69 Å². The smallest absolute Gasteiger partial charge is 0.313 e. The van der Waals surface area contributed by atoms with Crippen molar-refractivity contribution >= 4 is 29.1 Å². The third-order valence-corrected chi connectivity index (χ3v) is 5.84. The zero-order valence-electron chi connectivity index (χ0n) is 17.6. The number of pyridine rings is 1. The van der Waals surface area contributed by atoms with Crippen LogP contribution in [0.2, 0.25) is 5.02 Å². The molecule has 1 aliphatic rings. The summed E-state index contributed by atoms with van der Waals surface area (Å²) in [6.45, 7) is 2.42. The minimum atomic E-state index is -0.738. The lowest BCUT2D eigenvalue weighted by Crippen LogP contribution is -2.38. The Balaban J connectivity index is 1.36. The lowest BCUT2D eigenvalue weighted by atomic mass is 10.0. The van der Waals surface area contributed by atoms with E-state index in [2.05, 4.69) is 22.5 Å². The summed E-state index contributed by atoms with van der Waals surface area (Å²) < 4.78 is 5.69. The maximum atomic E-state index is 12.6. The molecule has 0 radical (unpaired) electrons. The number of halogens is 1. The Labute approximate surface area is 192 Å². The summed E-state index contributed by atoms with van der Waals surface area (Å²) in [5.41, 5.74) is 2.19. The van der Waals surface area contributed by atoms with Crippen LogP contribution in [0, 0.1) is 11.8 Å². The van der Waals surface area contributed by atoms with Crippen LogP contribution >= 0.6 is 11.6 Å². The van der Waals surface area contributed by atoms with E-state index in [1.165, 1.54) is 0 Å². The summed E-state index contributed by atoms with van der Waals surface area (Å²) in [6.07, 6.45) is 2.72. The van der Waals surface area contributed by atoms with Crippen LogP contribution in [0.5, 0.6) is 5.75 Å². The van der Waals surface area contributed by atoms with Crippen LogP contribution in [-0.2, 0) is 16.2 Å². The molecule has 164 valence electrons. The molecule has 0 spiro atoms. The predicted molar refractivity (Wildman–Crippen MR) is 123 cm³/mol. The van der Waals surface area contributed by atoms with Crippen molar-refractivity contribution in [1.29, 1.82) is 0 Å². The highest BCUT2D eigenvalue weighted by Gasteiger charge is 2.41. The molecule has 3 unspecified atom stereocenters. The number of hydrogen-bond donors (Lipinski definition) is 2. The molecule has 32 heavy (non-hydrogen) atoms. The van der Waals surface area contributed by atoms with Crippen LogP contribution < -0.4 is 15.4 Å². The van der Waals surface area contributed by atoms with E-state index >= 15 is 0 Å². The van der Waals surface area contributed by atoms with Gasteiger partial charge in [0.05, 0.1) is 16.8 Å². The standard InChI is InChI=1S/C25H24ClN3O3/c1-16-13-20(16)23(17-7-3-2-4-8-17)29-25(31)24(30)28-18-10-11-22(21(26)14-18)32-15-19-9-5-6-12-27-19/h2-12,14,16,20,23H,13,15H2,1H3,(H,28,30)(H,29,31). The van der Waals surface area contributed by atoms with Gasteiger partial charge in [-0.25, -0.2) is 0 Å². The number of ether oxygens (including phenoxy) is 1. The van der Waals surface area contributed by atoms with E-state index in [4.69, 9.17) is 16.3 Å². The van der Waals surface area contributed by atoms with E-state index in [1.54, 1.807) is 24.4 Å². The molecule has 1 fully saturated rings. The zero-order chi connectivity index (χ0) is 22.5. The van der Waals surface area contributed by atoms with Gasteiger partial charge < -0.3 is 15.4 Å². The number of nitrogens with one attached hydrogen (secondary N) is 2. The summed E-state index contributed by atoms with van der Waals surface area (Å²) in [5, 5.41) is 5.83. The largest absolute Gasteiger partial charge is 0.486 e. The lowest BCUT2D eigenvalue weighted by molar-refractivity contribution is -0.136. The first kappa shape index (κ1) is 21.8. The molecule has 1 heterocycles. The molecule has 1 saturated carbocycles. The molecule has 2 aromatic carbocycles. The van der Waals surface area contributed by atoms with E-state index in [1.807, 2.05) is 48.5 Å². The van der Waals surface area contributed by atoms with Crippen molar-refractivity contribution in [3.05, 3.63) is 89.2 Å². The first-order valence-electron chi connectivity index (χ1n) is 10.5. The molecule has 0 aliphatic heterocycles. The molecule has 3 aromatic rings. The van der Waals surface area contributed by atoms with Gasteiger partial charge in [-0.2, -0.15) is 0 Å². The predicted octanol–water partition coefficient (Wildman–Crippen LogP) is 4.77. The average Bonchev–Trinajstić information content (AvgIpc) is 3.54. The Morgan fingerprint density at radius 1 is 1.09 bits per heavy atom. The summed E-state index contributed by atoms with van der Waals surface area (Å²) in [7, 11) is 0. The van der Waals surface area contributed by atoms with E-state index in [-0.39, 0.29) is 12.6 Å². The van der Waals surface area contributed by atoms with Crippen LogP contribution in [0.1, 0.15) is 30.6 Å². The first-order valence-corrected chi connectivity index (χ1v) is 10.9. The number of hydrogen-bond acceptors (Lipinski definition) is 4. The van der Waals surface area contributed by atoms with Crippen molar-refractivity contribution in [1.82, 2.24) is 10.3 Å². The fourth-order valence-corrected chi connectivity index (χ4v) is 3.87. The monoisotopic (exact) mass is 449 g/mol. The number of carbonyl (C=O) groups excluding carboxylic acids is 2. The van der Waals surface area contributed by atoms with Gasteiger partial charge >= 0.3 is 11.8 Å². The molecule has 0 saturated heterocycles. The van der Waals surface area contributed by atoms with Crippen molar-refractivity contribution in [2.75, 3.05) is 5.32 Å². The summed E-state index contributed by atoms with van der Waals surface area (Å²) in [5.74, 6) is -0.103. The van der Waals surface area contributed by atoms with E-state index in [0.717, 1.165) is 17.7 Å². The van der Waals surface area contributed by atoms with Gasteiger partial charge in [-0.3, -0.25) is 14.6 Å². The van der Waals surface area contributed by atoms with Crippen LogP contribution in [0.15, 0.2) is 72.9 Å². The van der Waals surface area contributed by atoms with Crippen molar-refractivity contribution < 1.29 is 14.3 Å². The fraction of sp³-hybridized carbons (Fsp3) is 0.240. The molecule has 2 N–H and O–H groups in total. The normalized spacial score (nSPS) is 17.8. The zero-order valence-corrected chi connectivity index (χ0v) is 18.4. The van der Waals surface area contributed by atoms with Gasteiger partial charge in [0.15, 0.2) is 0 Å². The fourth-order valence-electron chi connectivity index (χ4n) is 3.64. The maximum Gasteiger partial charge on any atom is 0.313 e. The van der Waals surface area contributed by atoms with Gasteiger partial charge in [-0.1, -0.05) is 54.9 Å². The third kappa shape index (κ3) is 5.45.